The highest BCUT2D eigenvalue weighted by Crippen LogP contribution is 2.30. The Bertz CT molecular complexity index is 935. The van der Waals surface area contributed by atoms with Crippen molar-refractivity contribution in [1.82, 2.24) is 14.9 Å². The molecule has 0 radical (unpaired) electrons. The minimum absolute atomic E-state index is 0.0518. The van der Waals surface area contributed by atoms with Gasteiger partial charge in [-0.2, -0.15) is 0 Å². The molecule has 2 aromatic rings. The number of amides is 1. The lowest BCUT2D eigenvalue weighted by Crippen LogP contribution is -2.41. The number of likely N-dealkylation sites (tertiary alicyclic amines) is 1. The minimum Gasteiger partial charge on any atom is -0.478 e. The van der Waals surface area contributed by atoms with Gasteiger partial charge in [0.15, 0.2) is 0 Å². The number of nitrogens with zero attached hydrogens (tertiary/aromatic N) is 4. The molecule has 1 aliphatic heterocycles. The lowest BCUT2D eigenvalue weighted by molar-refractivity contribution is 0.0203. The van der Waals surface area contributed by atoms with Crippen LogP contribution in [0.1, 0.15) is 61.1 Å². The first-order chi connectivity index (χ1) is 15.1. The summed E-state index contributed by atoms with van der Waals surface area (Å²) < 4.78 is 5.45. The zero-order chi connectivity index (χ0) is 23.3. The van der Waals surface area contributed by atoms with Gasteiger partial charge in [-0.05, 0) is 45.6 Å². The van der Waals surface area contributed by atoms with Crippen LogP contribution in [0.5, 0.6) is 0 Å². The Hall–Kier alpha value is -3.16. The number of likely N-dealkylation sites (N-methyl/N-ethyl adjacent to an activating group) is 1. The van der Waals surface area contributed by atoms with E-state index in [4.69, 9.17) is 4.74 Å². The summed E-state index contributed by atoms with van der Waals surface area (Å²) in [4.78, 5) is 36.7. The molecule has 0 saturated carbocycles. The lowest BCUT2D eigenvalue weighted by atomic mass is 9.91. The Kier molecular flexibility index (Phi) is 7.33. The number of benzene rings is 1. The van der Waals surface area contributed by atoms with Crippen molar-refractivity contribution in [2.24, 2.45) is 0 Å². The molecule has 1 saturated heterocycles. The van der Waals surface area contributed by atoms with Crippen molar-refractivity contribution in [3.63, 3.8) is 0 Å². The quantitative estimate of drug-likeness (QED) is 0.726. The van der Waals surface area contributed by atoms with Gasteiger partial charge in [0.1, 0.15) is 5.60 Å². The van der Waals surface area contributed by atoms with Crippen LogP contribution in [0.4, 0.5) is 10.7 Å². The number of hydrogen-bond acceptors (Lipinski definition) is 6. The van der Waals surface area contributed by atoms with Crippen LogP contribution in [-0.4, -0.2) is 64.3 Å². The molecule has 1 aromatic carbocycles. The monoisotopic (exact) mass is 440 g/mol. The first kappa shape index (κ1) is 23.5. The van der Waals surface area contributed by atoms with Crippen LogP contribution in [0.3, 0.4) is 0 Å². The van der Waals surface area contributed by atoms with E-state index in [-0.39, 0.29) is 17.6 Å². The molecule has 1 aromatic heterocycles. The van der Waals surface area contributed by atoms with E-state index < -0.39 is 11.6 Å². The second-order valence-corrected chi connectivity index (χ2v) is 9.17. The maximum Gasteiger partial charge on any atom is 0.410 e. The third kappa shape index (κ3) is 6.18. The molecule has 8 heteroatoms. The average Bonchev–Trinajstić information content (AvgIpc) is 2.76. The van der Waals surface area contributed by atoms with Gasteiger partial charge in [-0.1, -0.05) is 30.3 Å². The number of carbonyl (C=O) groups is 2. The van der Waals surface area contributed by atoms with E-state index in [1.807, 2.05) is 50.9 Å². The van der Waals surface area contributed by atoms with E-state index in [2.05, 4.69) is 22.1 Å². The van der Waals surface area contributed by atoms with Gasteiger partial charge in [0.05, 0.1) is 11.3 Å². The van der Waals surface area contributed by atoms with Gasteiger partial charge >= 0.3 is 12.1 Å². The van der Waals surface area contributed by atoms with Crippen molar-refractivity contribution >= 4 is 18.0 Å². The van der Waals surface area contributed by atoms with Crippen LogP contribution in [0.25, 0.3) is 0 Å². The van der Waals surface area contributed by atoms with Crippen LogP contribution in [-0.2, 0) is 11.2 Å². The van der Waals surface area contributed by atoms with Crippen LogP contribution in [0, 0.1) is 0 Å². The molecule has 2 heterocycles. The highest BCUT2D eigenvalue weighted by molar-refractivity contribution is 5.88. The predicted octanol–water partition coefficient (Wildman–Crippen LogP) is 3.97. The summed E-state index contributed by atoms with van der Waals surface area (Å²) >= 11 is 0. The Labute approximate surface area is 189 Å². The Balaban J connectivity index is 1.70. The average molecular weight is 441 g/mol. The smallest absolute Gasteiger partial charge is 0.410 e. The van der Waals surface area contributed by atoms with Crippen molar-refractivity contribution in [2.45, 2.75) is 51.6 Å². The number of aromatic nitrogens is 2. The summed E-state index contributed by atoms with van der Waals surface area (Å²) in [5.74, 6) is -0.576. The molecule has 1 N–H and O–H groups in total. The number of aromatic carboxylic acids is 1. The molecule has 0 aliphatic carbocycles. The van der Waals surface area contributed by atoms with Crippen molar-refractivity contribution in [3.8, 4) is 0 Å². The number of anilines is 1. The summed E-state index contributed by atoms with van der Waals surface area (Å²) in [7, 11) is 1.91. The van der Waals surface area contributed by atoms with Gasteiger partial charge in [0.25, 0.3) is 0 Å². The number of carboxylic acids is 1. The third-order valence-electron chi connectivity index (χ3n) is 5.49. The lowest BCUT2D eigenvalue weighted by Gasteiger charge is -2.33. The Morgan fingerprint density at radius 1 is 1.19 bits per heavy atom. The highest BCUT2D eigenvalue weighted by Gasteiger charge is 2.30. The third-order valence-corrected chi connectivity index (χ3v) is 5.49. The normalized spacial score (nSPS) is 14.8. The maximum atomic E-state index is 12.3. The van der Waals surface area contributed by atoms with Gasteiger partial charge in [-0.3, -0.25) is 0 Å². The SMILES string of the molecule is CN(CCc1ccccc1)c1ncc(C(=O)O)c(C2CCN(C(=O)OC(C)(C)C)CC2)n1. The Morgan fingerprint density at radius 2 is 1.84 bits per heavy atom. The Morgan fingerprint density at radius 3 is 2.44 bits per heavy atom. The molecule has 0 atom stereocenters. The van der Waals surface area contributed by atoms with Gasteiger partial charge in [-0.15, -0.1) is 0 Å². The first-order valence-corrected chi connectivity index (χ1v) is 11.0. The predicted molar refractivity (Wildman–Crippen MR) is 122 cm³/mol. The van der Waals surface area contributed by atoms with Crippen LogP contribution >= 0.6 is 0 Å². The molecule has 32 heavy (non-hydrogen) atoms. The molecule has 1 amide bonds. The molecule has 0 unspecified atom stereocenters. The molecule has 0 bridgehead atoms. The van der Waals surface area contributed by atoms with Crippen LogP contribution in [0.15, 0.2) is 36.5 Å². The van der Waals surface area contributed by atoms with Crippen molar-refractivity contribution in [2.75, 3.05) is 31.6 Å². The topological polar surface area (TPSA) is 95.9 Å². The molecule has 1 aliphatic rings. The molecular formula is C24H32N4O4. The van der Waals surface area contributed by atoms with E-state index in [0.29, 0.717) is 44.1 Å². The fraction of sp³-hybridized carbons (Fsp3) is 0.500. The second-order valence-electron chi connectivity index (χ2n) is 9.17. The number of hydrogen-bond donors (Lipinski definition) is 1. The van der Waals surface area contributed by atoms with E-state index in [9.17, 15) is 14.7 Å². The first-order valence-electron chi connectivity index (χ1n) is 11.0. The second kappa shape index (κ2) is 9.97. The van der Waals surface area contributed by atoms with Gasteiger partial charge in [0, 0.05) is 38.8 Å². The summed E-state index contributed by atoms with van der Waals surface area (Å²) in [6, 6.07) is 10.2. The van der Waals surface area contributed by atoms with Crippen molar-refractivity contribution in [3.05, 3.63) is 53.3 Å². The molecule has 172 valence electrons. The number of rotatable bonds is 6. The summed E-state index contributed by atoms with van der Waals surface area (Å²) in [6.07, 6.45) is 3.16. The summed E-state index contributed by atoms with van der Waals surface area (Å²) in [5.41, 5.74) is 1.34. The van der Waals surface area contributed by atoms with Crippen molar-refractivity contribution in [1.29, 1.82) is 0 Å². The van der Waals surface area contributed by atoms with E-state index in [0.717, 1.165) is 6.42 Å². The molecular weight excluding hydrogens is 408 g/mol. The van der Waals surface area contributed by atoms with Crippen LogP contribution in [0.2, 0.25) is 0 Å². The number of piperidine rings is 1. The molecule has 3 rings (SSSR count). The van der Waals surface area contributed by atoms with E-state index in [1.165, 1.54) is 11.8 Å². The molecule has 8 nitrogen and oxygen atoms in total. The van der Waals surface area contributed by atoms with E-state index >= 15 is 0 Å². The summed E-state index contributed by atoms with van der Waals surface area (Å²) in [6.45, 7) is 7.24. The van der Waals surface area contributed by atoms with Gasteiger partial charge < -0.3 is 19.6 Å². The standard InChI is InChI=1S/C24H32N4O4/c1-24(2,3)32-23(31)28-14-11-18(12-15-28)20-19(21(29)30)16-25-22(26-20)27(4)13-10-17-8-6-5-7-9-17/h5-9,16,18H,10-15H2,1-4H3,(H,29,30). The fourth-order valence-electron chi connectivity index (χ4n) is 3.75. The van der Waals surface area contributed by atoms with Crippen molar-refractivity contribution < 1.29 is 19.4 Å². The van der Waals surface area contributed by atoms with Crippen LogP contribution < -0.4 is 4.90 Å². The summed E-state index contributed by atoms with van der Waals surface area (Å²) in [5, 5.41) is 9.67. The number of ether oxygens (including phenoxy) is 1. The zero-order valence-electron chi connectivity index (χ0n) is 19.2. The fourth-order valence-corrected chi connectivity index (χ4v) is 3.75. The number of carbonyl (C=O) groups excluding carboxylic acids is 1. The van der Waals surface area contributed by atoms with E-state index in [1.54, 1.807) is 4.90 Å². The van der Waals surface area contributed by atoms with Gasteiger partial charge in [-0.25, -0.2) is 19.6 Å². The number of carboxylic acid groups (broad SMARTS) is 1. The largest absolute Gasteiger partial charge is 0.478 e. The molecule has 0 spiro atoms. The van der Waals surface area contributed by atoms with Gasteiger partial charge in [0.2, 0.25) is 5.95 Å². The minimum atomic E-state index is -1.03. The zero-order valence-corrected chi connectivity index (χ0v) is 19.2. The highest BCUT2D eigenvalue weighted by atomic mass is 16.6. The maximum absolute atomic E-state index is 12.3. The molecule has 1 fully saturated rings.